The number of pyridine rings is 1. The van der Waals surface area contributed by atoms with E-state index in [2.05, 4.69) is 87.4 Å². The number of hydrogen-bond acceptors (Lipinski definition) is 3. The molecule has 4 aromatic rings. The van der Waals surface area contributed by atoms with E-state index >= 15 is 0 Å². The lowest BCUT2D eigenvalue weighted by atomic mass is 10.0. The zero-order chi connectivity index (χ0) is 22.2. The van der Waals surface area contributed by atoms with Crippen molar-refractivity contribution in [3.05, 3.63) is 106 Å². The van der Waals surface area contributed by atoms with Crippen molar-refractivity contribution in [2.75, 3.05) is 4.90 Å². The molecular formula is C26H22BrN3OS. The monoisotopic (exact) mass is 503 g/mol. The van der Waals surface area contributed by atoms with Gasteiger partial charge in [0, 0.05) is 21.9 Å². The average molecular weight is 504 g/mol. The van der Waals surface area contributed by atoms with E-state index in [1.807, 2.05) is 36.5 Å². The first kappa shape index (κ1) is 20.9. The van der Waals surface area contributed by atoms with Gasteiger partial charge in [-0.2, -0.15) is 0 Å². The third-order valence-electron chi connectivity index (χ3n) is 5.69. The third-order valence-corrected chi connectivity index (χ3v) is 6.66. The van der Waals surface area contributed by atoms with Gasteiger partial charge >= 0.3 is 0 Å². The van der Waals surface area contributed by atoms with Crippen LogP contribution in [0.2, 0.25) is 0 Å². The molecule has 0 unspecified atom stereocenters. The average Bonchev–Trinajstić information content (AvgIpc) is 3.39. The molecule has 2 atom stereocenters. The number of nitrogens with one attached hydrogen (secondary N) is 1. The minimum Gasteiger partial charge on any atom is -0.459 e. The first-order valence-electron chi connectivity index (χ1n) is 10.4. The Morgan fingerprint density at radius 3 is 2.56 bits per heavy atom. The normalized spacial score (nSPS) is 18.1. The topological polar surface area (TPSA) is 41.3 Å². The van der Waals surface area contributed by atoms with E-state index in [1.54, 1.807) is 0 Å². The van der Waals surface area contributed by atoms with E-state index in [9.17, 15) is 0 Å². The molecule has 160 valence electrons. The van der Waals surface area contributed by atoms with Gasteiger partial charge < -0.3 is 14.6 Å². The fourth-order valence-electron chi connectivity index (χ4n) is 4.18. The van der Waals surface area contributed by atoms with Crippen LogP contribution in [0.3, 0.4) is 0 Å². The highest BCUT2D eigenvalue weighted by Crippen LogP contribution is 2.43. The summed E-state index contributed by atoms with van der Waals surface area (Å²) in [5.74, 6) is 1.64. The van der Waals surface area contributed by atoms with Gasteiger partial charge in [-0.25, -0.2) is 0 Å². The van der Waals surface area contributed by atoms with Crippen LogP contribution in [0.1, 0.15) is 34.7 Å². The van der Waals surface area contributed by atoms with Crippen LogP contribution in [0.5, 0.6) is 0 Å². The predicted molar refractivity (Wildman–Crippen MR) is 136 cm³/mol. The second kappa shape index (κ2) is 8.52. The quantitative estimate of drug-likeness (QED) is 0.306. The Labute approximate surface area is 201 Å². The maximum atomic E-state index is 6.46. The number of furan rings is 1. The van der Waals surface area contributed by atoms with Crippen LogP contribution in [0.4, 0.5) is 5.69 Å². The van der Waals surface area contributed by atoms with Crippen molar-refractivity contribution in [1.29, 1.82) is 0 Å². The van der Waals surface area contributed by atoms with Gasteiger partial charge in [0.1, 0.15) is 17.6 Å². The lowest BCUT2D eigenvalue weighted by Crippen LogP contribution is -2.29. The lowest BCUT2D eigenvalue weighted by Gasteiger charge is -2.26. The van der Waals surface area contributed by atoms with Crippen molar-refractivity contribution in [2.24, 2.45) is 0 Å². The number of halogens is 1. The number of thiocarbonyl (C=S) groups is 1. The van der Waals surface area contributed by atoms with E-state index in [-0.39, 0.29) is 12.1 Å². The zero-order valence-corrected chi connectivity index (χ0v) is 20.2. The summed E-state index contributed by atoms with van der Waals surface area (Å²) in [5.41, 5.74) is 5.34. The highest BCUT2D eigenvalue weighted by molar-refractivity contribution is 9.10. The maximum Gasteiger partial charge on any atom is 0.174 e. The third kappa shape index (κ3) is 3.85. The first-order valence-corrected chi connectivity index (χ1v) is 11.6. The molecule has 1 fully saturated rings. The summed E-state index contributed by atoms with van der Waals surface area (Å²) < 4.78 is 7.47. The summed E-state index contributed by atoms with van der Waals surface area (Å²) in [6.45, 7) is 4.16. The Balaban J connectivity index is 1.61. The van der Waals surface area contributed by atoms with Gasteiger partial charge in [0.15, 0.2) is 5.11 Å². The van der Waals surface area contributed by atoms with Crippen molar-refractivity contribution in [2.45, 2.75) is 25.9 Å². The number of hydrogen-bond donors (Lipinski definition) is 1. The summed E-state index contributed by atoms with van der Waals surface area (Å²) >= 11 is 9.47. The molecule has 3 heterocycles. The fourth-order valence-corrected chi connectivity index (χ4v) is 5.21. The van der Waals surface area contributed by atoms with Crippen LogP contribution in [-0.4, -0.2) is 10.1 Å². The van der Waals surface area contributed by atoms with Gasteiger partial charge in [-0.1, -0.05) is 40.2 Å². The predicted octanol–water partition coefficient (Wildman–Crippen LogP) is 6.90. The number of nitrogens with zero attached hydrogens (tertiary/aromatic N) is 2. The van der Waals surface area contributed by atoms with Crippen molar-refractivity contribution in [1.82, 2.24) is 10.3 Å². The Hall–Kier alpha value is -2.96. The standard InChI is InChI=1S/C26H22BrN3OS/c1-16-6-5-7-18(14-16)30-25(24(29-26(30)32)21-8-3-4-13-28-21)23-12-11-22(31-23)19-10-9-17(2)15-20(19)27/h3-15,24-25H,1-2H3,(H,29,32)/t24-,25+/m0/s1. The molecule has 5 rings (SSSR count). The number of aromatic nitrogens is 1. The molecule has 0 amide bonds. The Kier molecular flexibility index (Phi) is 5.57. The molecule has 32 heavy (non-hydrogen) atoms. The largest absolute Gasteiger partial charge is 0.459 e. The molecule has 0 spiro atoms. The van der Waals surface area contributed by atoms with Crippen molar-refractivity contribution in [3.8, 4) is 11.3 Å². The molecule has 0 saturated carbocycles. The molecule has 2 aromatic heterocycles. The maximum absolute atomic E-state index is 6.46. The summed E-state index contributed by atoms with van der Waals surface area (Å²) in [6, 6.07) is 24.3. The van der Waals surface area contributed by atoms with Crippen LogP contribution in [0.15, 0.2) is 87.9 Å². The van der Waals surface area contributed by atoms with Gasteiger partial charge in [-0.15, -0.1) is 0 Å². The molecule has 0 bridgehead atoms. The molecule has 2 aromatic carbocycles. The van der Waals surface area contributed by atoms with E-state index in [1.165, 1.54) is 11.1 Å². The molecule has 1 saturated heterocycles. The van der Waals surface area contributed by atoms with Gasteiger partial charge in [-0.3, -0.25) is 4.98 Å². The van der Waals surface area contributed by atoms with Crippen LogP contribution < -0.4 is 10.2 Å². The first-order chi connectivity index (χ1) is 15.5. The minimum absolute atomic E-state index is 0.135. The van der Waals surface area contributed by atoms with Crippen LogP contribution in [-0.2, 0) is 0 Å². The van der Waals surface area contributed by atoms with Gasteiger partial charge in [0.2, 0.25) is 0 Å². The summed E-state index contributed by atoms with van der Waals surface area (Å²) in [5, 5.41) is 4.14. The Morgan fingerprint density at radius 2 is 1.81 bits per heavy atom. The van der Waals surface area contributed by atoms with Crippen molar-refractivity contribution >= 4 is 38.9 Å². The zero-order valence-electron chi connectivity index (χ0n) is 17.7. The smallest absolute Gasteiger partial charge is 0.174 e. The highest BCUT2D eigenvalue weighted by Gasteiger charge is 2.42. The molecular weight excluding hydrogens is 482 g/mol. The molecule has 1 aliphatic heterocycles. The van der Waals surface area contributed by atoms with Crippen LogP contribution in [0.25, 0.3) is 11.3 Å². The van der Waals surface area contributed by atoms with E-state index in [4.69, 9.17) is 16.6 Å². The van der Waals surface area contributed by atoms with Crippen LogP contribution in [0, 0.1) is 13.8 Å². The van der Waals surface area contributed by atoms with Gasteiger partial charge in [-0.05, 0) is 85.7 Å². The van der Waals surface area contributed by atoms with E-state index < -0.39 is 0 Å². The SMILES string of the molecule is Cc1cccc(N2C(=S)N[C@@H](c3ccccn3)[C@H]2c2ccc(-c3ccc(C)cc3Br)o2)c1. The molecule has 0 aliphatic carbocycles. The Bertz CT molecular complexity index is 1290. The Morgan fingerprint density at radius 1 is 0.969 bits per heavy atom. The number of benzene rings is 2. The van der Waals surface area contributed by atoms with Crippen molar-refractivity contribution < 1.29 is 4.42 Å². The number of anilines is 1. The summed E-state index contributed by atoms with van der Waals surface area (Å²) in [4.78, 5) is 6.74. The second-order valence-electron chi connectivity index (χ2n) is 8.02. The van der Waals surface area contributed by atoms with Gasteiger partial charge in [0.25, 0.3) is 0 Å². The van der Waals surface area contributed by atoms with E-state index in [0.29, 0.717) is 5.11 Å². The highest BCUT2D eigenvalue weighted by atomic mass is 79.9. The fraction of sp³-hybridized carbons (Fsp3) is 0.154. The summed E-state index contributed by atoms with van der Waals surface area (Å²) in [6.07, 6.45) is 1.81. The molecule has 1 N–H and O–H groups in total. The van der Waals surface area contributed by atoms with Gasteiger partial charge in [0.05, 0.1) is 11.7 Å². The molecule has 4 nitrogen and oxygen atoms in total. The van der Waals surface area contributed by atoms with Crippen molar-refractivity contribution in [3.63, 3.8) is 0 Å². The minimum atomic E-state index is -0.169. The van der Waals surface area contributed by atoms with Crippen LogP contribution >= 0.6 is 28.1 Å². The number of rotatable bonds is 4. The second-order valence-corrected chi connectivity index (χ2v) is 9.26. The lowest BCUT2D eigenvalue weighted by molar-refractivity contribution is 0.439. The molecule has 0 radical (unpaired) electrons. The molecule has 1 aliphatic rings. The summed E-state index contributed by atoms with van der Waals surface area (Å²) in [7, 11) is 0. The molecule has 6 heteroatoms. The van der Waals surface area contributed by atoms with E-state index in [0.717, 1.165) is 32.9 Å². The number of aryl methyl sites for hydroxylation is 2.